The van der Waals surface area contributed by atoms with Crippen LogP contribution in [0.1, 0.15) is 5.56 Å². The predicted octanol–water partition coefficient (Wildman–Crippen LogP) is 2.14. The molecule has 0 fully saturated rings. The quantitative estimate of drug-likeness (QED) is 0.761. The van der Waals surface area contributed by atoms with E-state index in [-0.39, 0.29) is 6.61 Å². The molecule has 0 aliphatic rings. The fourth-order valence-electron chi connectivity index (χ4n) is 0.930. The SMILES string of the molecule is OCCc1cc(I)cc(I)c1O. The van der Waals surface area contributed by atoms with E-state index < -0.39 is 0 Å². The van der Waals surface area contributed by atoms with E-state index >= 15 is 0 Å². The zero-order valence-corrected chi connectivity index (χ0v) is 10.5. The summed E-state index contributed by atoms with van der Waals surface area (Å²) < 4.78 is 1.92. The molecule has 2 N–H and O–H groups in total. The Morgan fingerprint density at radius 3 is 2.50 bits per heavy atom. The van der Waals surface area contributed by atoms with Gasteiger partial charge in [-0.2, -0.15) is 0 Å². The Balaban J connectivity index is 3.09. The molecule has 1 aromatic rings. The van der Waals surface area contributed by atoms with E-state index in [1.54, 1.807) is 0 Å². The summed E-state index contributed by atoms with van der Waals surface area (Å²) in [5.74, 6) is 0.296. The first-order chi connectivity index (χ1) is 5.65. The Morgan fingerprint density at radius 2 is 1.92 bits per heavy atom. The summed E-state index contributed by atoms with van der Waals surface area (Å²) in [5.41, 5.74) is 0.814. The summed E-state index contributed by atoms with van der Waals surface area (Å²) in [7, 11) is 0. The number of hydrogen-bond donors (Lipinski definition) is 2. The number of hydrogen-bond acceptors (Lipinski definition) is 2. The number of benzene rings is 1. The van der Waals surface area contributed by atoms with Crippen LogP contribution < -0.4 is 0 Å². The smallest absolute Gasteiger partial charge is 0.132 e. The Morgan fingerprint density at radius 1 is 1.25 bits per heavy atom. The Bertz CT molecular complexity index is 287. The van der Waals surface area contributed by atoms with Crippen molar-refractivity contribution in [3.63, 3.8) is 0 Å². The van der Waals surface area contributed by atoms with Gasteiger partial charge in [-0.05, 0) is 69.3 Å². The highest BCUT2D eigenvalue weighted by molar-refractivity contribution is 14.1. The van der Waals surface area contributed by atoms with Crippen LogP contribution >= 0.6 is 45.2 Å². The lowest BCUT2D eigenvalue weighted by atomic mass is 10.1. The maximum Gasteiger partial charge on any atom is 0.132 e. The van der Waals surface area contributed by atoms with Crippen LogP contribution in [0.15, 0.2) is 12.1 Å². The predicted molar refractivity (Wildman–Crippen MR) is 64.3 cm³/mol. The molecule has 0 saturated heterocycles. The summed E-state index contributed by atoms with van der Waals surface area (Å²) in [5, 5.41) is 18.2. The van der Waals surface area contributed by atoms with Crippen molar-refractivity contribution in [3.8, 4) is 5.75 Å². The standard InChI is InChI=1S/C8H8I2O2/c9-6-3-5(1-2-11)8(12)7(10)4-6/h3-4,11-12H,1-2H2. The molecule has 0 bridgehead atoms. The van der Waals surface area contributed by atoms with Crippen LogP contribution in [0.25, 0.3) is 0 Å². The summed E-state index contributed by atoms with van der Waals surface area (Å²) in [6.45, 7) is 0.0731. The molecule has 0 radical (unpaired) electrons. The van der Waals surface area contributed by atoms with Gasteiger partial charge in [0.05, 0.1) is 3.57 Å². The van der Waals surface area contributed by atoms with Crippen molar-refractivity contribution >= 4 is 45.2 Å². The average Bonchev–Trinajstić information content (AvgIpc) is 2.00. The van der Waals surface area contributed by atoms with Gasteiger partial charge in [0.15, 0.2) is 0 Å². The fourth-order valence-corrected chi connectivity index (χ4v) is 2.90. The maximum absolute atomic E-state index is 9.53. The first kappa shape index (κ1) is 10.5. The summed E-state index contributed by atoms with van der Waals surface area (Å²) in [6.07, 6.45) is 0.513. The number of halogens is 2. The third-order valence-corrected chi connectivity index (χ3v) is 2.93. The molecule has 0 heterocycles. The molecule has 0 atom stereocenters. The van der Waals surface area contributed by atoms with Gasteiger partial charge in [-0.1, -0.05) is 0 Å². The van der Waals surface area contributed by atoms with Gasteiger partial charge in [0.1, 0.15) is 5.75 Å². The second kappa shape index (κ2) is 4.61. The number of aliphatic hydroxyl groups is 1. The lowest BCUT2D eigenvalue weighted by Crippen LogP contribution is -1.93. The molecule has 12 heavy (non-hydrogen) atoms. The second-order valence-corrected chi connectivity index (χ2v) is 4.78. The minimum atomic E-state index is 0.0731. The van der Waals surface area contributed by atoms with Crippen LogP contribution in [0.5, 0.6) is 5.75 Å². The molecule has 0 spiro atoms. The van der Waals surface area contributed by atoms with Crippen LogP contribution in [-0.2, 0) is 6.42 Å². The van der Waals surface area contributed by atoms with E-state index in [1.165, 1.54) is 0 Å². The molecule has 4 heteroatoms. The van der Waals surface area contributed by atoms with Gasteiger partial charge in [0.25, 0.3) is 0 Å². The van der Waals surface area contributed by atoms with E-state index in [0.717, 1.165) is 12.7 Å². The third-order valence-electron chi connectivity index (χ3n) is 1.49. The van der Waals surface area contributed by atoms with Crippen molar-refractivity contribution < 1.29 is 10.2 Å². The van der Waals surface area contributed by atoms with Crippen molar-refractivity contribution in [3.05, 3.63) is 24.8 Å². The second-order valence-electron chi connectivity index (χ2n) is 2.37. The molecule has 0 aromatic heterocycles. The van der Waals surface area contributed by atoms with Gasteiger partial charge in [-0.25, -0.2) is 0 Å². The van der Waals surface area contributed by atoms with Gasteiger partial charge >= 0.3 is 0 Å². The van der Waals surface area contributed by atoms with E-state index in [0.29, 0.717) is 12.2 Å². The fraction of sp³-hybridized carbons (Fsp3) is 0.250. The van der Waals surface area contributed by atoms with E-state index in [9.17, 15) is 5.11 Å². The molecule has 0 aliphatic heterocycles. The lowest BCUT2D eigenvalue weighted by molar-refractivity contribution is 0.297. The highest BCUT2D eigenvalue weighted by Gasteiger charge is 2.05. The van der Waals surface area contributed by atoms with Gasteiger partial charge in [0, 0.05) is 10.2 Å². The molecular weight excluding hydrogens is 382 g/mol. The van der Waals surface area contributed by atoms with Gasteiger partial charge in [0.2, 0.25) is 0 Å². The molecule has 0 aliphatic carbocycles. The average molecular weight is 390 g/mol. The van der Waals surface area contributed by atoms with Crippen LogP contribution in [-0.4, -0.2) is 16.8 Å². The highest BCUT2D eigenvalue weighted by atomic mass is 127. The number of phenols is 1. The summed E-state index contributed by atoms with van der Waals surface area (Å²) >= 11 is 4.27. The number of phenolic OH excluding ortho intramolecular Hbond substituents is 1. The number of aliphatic hydroxyl groups excluding tert-OH is 1. The zero-order chi connectivity index (χ0) is 9.14. The van der Waals surface area contributed by atoms with Crippen molar-refractivity contribution in [1.29, 1.82) is 0 Å². The Kier molecular flexibility index (Phi) is 4.04. The molecule has 0 unspecified atom stereocenters. The maximum atomic E-state index is 9.53. The van der Waals surface area contributed by atoms with Crippen LogP contribution in [0.4, 0.5) is 0 Å². The van der Waals surface area contributed by atoms with Gasteiger partial charge < -0.3 is 10.2 Å². The third kappa shape index (κ3) is 2.46. The summed E-state index contributed by atoms with van der Waals surface area (Å²) in [4.78, 5) is 0. The van der Waals surface area contributed by atoms with Crippen molar-refractivity contribution in [2.24, 2.45) is 0 Å². The topological polar surface area (TPSA) is 40.5 Å². The van der Waals surface area contributed by atoms with Crippen molar-refractivity contribution in [1.82, 2.24) is 0 Å². The van der Waals surface area contributed by atoms with Crippen LogP contribution in [0.2, 0.25) is 0 Å². The van der Waals surface area contributed by atoms with E-state index in [2.05, 4.69) is 45.2 Å². The van der Waals surface area contributed by atoms with Gasteiger partial charge in [-0.3, -0.25) is 0 Å². The van der Waals surface area contributed by atoms with Crippen LogP contribution in [0, 0.1) is 7.14 Å². The molecule has 0 amide bonds. The first-order valence-electron chi connectivity index (χ1n) is 3.43. The van der Waals surface area contributed by atoms with Crippen molar-refractivity contribution in [2.45, 2.75) is 6.42 Å². The summed E-state index contributed by atoms with van der Waals surface area (Å²) in [6, 6.07) is 3.78. The normalized spacial score (nSPS) is 10.2. The first-order valence-corrected chi connectivity index (χ1v) is 5.58. The molecule has 2 nitrogen and oxygen atoms in total. The molecule has 1 aromatic carbocycles. The van der Waals surface area contributed by atoms with E-state index in [4.69, 9.17) is 5.11 Å². The monoisotopic (exact) mass is 390 g/mol. The molecular formula is C8H8I2O2. The number of rotatable bonds is 2. The molecule has 1 rings (SSSR count). The van der Waals surface area contributed by atoms with Gasteiger partial charge in [-0.15, -0.1) is 0 Å². The number of aromatic hydroxyl groups is 1. The minimum Gasteiger partial charge on any atom is -0.507 e. The zero-order valence-electron chi connectivity index (χ0n) is 6.22. The van der Waals surface area contributed by atoms with E-state index in [1.807, 2.05) is 12.1 Å². The lowest BCUT2D eigenvalue weighted by Gasteiger charge is -2.05. The minimum absolute atomic E-state index is 0.0731. The largest absolute Gasteiger partial charge is 0.507 e. The van der Waals surface area contributed by atoms with Crippen molar-refractivity contribution in [2.75, 3.05) is 6.61 Å². The van der Waals surface area contributed by atoms with Crippen LogP contribution in [0.3, 0.4) is 0 Å². The highest BCUT2D eigenvalue weighted by Crippen LogP contribution is 2.26. The Labute approximate surface area is 98.3 Å². The molecule has 66 valence electrons. The Hall–Kier alpha value is 0.440. The molecule has 0 saturated carbocycles.